The largest absolute Gasteiger partial charge is 0.271 e. The molecule has 8 nitrogen and oxygen atoms in total. The van der Waals surface area contributed by atoms with Gasteiger partial charge in [-0.2, -0.15) is 10.2 Å². The number of rotatable bonds is 6. The first kappa shape index (κ1) is 22.0. The van der Waals surface area contributed by atoms with Gasteiger partial charge in [-0.3, -0.25) is 4.79 Å². The zero-order valence-corrected chi connectivity index (χ0v) is 18.0. The second kappa shape index (κ2) is 8.97. The van der Waals surface area contributed by atoms with E-state index in [-0.39, 0.29) is 15.5 Å². The average molecular weight is 466 g/mol. The molecule has 0 bridgehead atoms. The highest BCUT2D eigenvalue weighted by Gasteiger charge is 2.16. The van der Waals surface area contributed by atoms with E-state index < -0.39 is 15.9 Å². The fourth-order valence-electron chi connectivity index (χ4n) is 2.66. The summed E-state index contributed by atoms with van der Waals surface area (Å²) in [7, 11) is -4.07. The number of nitrogens with one attached hydrogen (secondary N) is 1. The summed E-state index contributed by atoms with van der Waals surface area (Å²) in [5.41, 5.74) is 4.57. The van der Waals surface area contributed by atoms with E-state index in [1.165, 1.54) is 18.3 Å². The van der Waals surface area contributed by atoms with Crippen LogP contribution in [0.1, 0.15) is 27.2 Å². The van der Waals surface area contributed by atoms with Crippen LogP contribution in [-0.4, -0.2) is 30.3 Å². The first-order chi connectivity index (χ1) is 14.2. The maximum absolute atomic E-state index is 12.3. The van der Waals surface area contributed by atoms with Crippen molar-refractivity contribution in [3.05, 3.63) is 81.1 Å². The van der Waals surface area contributed by atoms with E-state index in [1.807, 2.05) is 30.3 Å². The van der Waals surface area contributed by atoms with E-state index in [1.54, 1.807) is 11.6 Å². The van der Waals surface area contributed by atoms with Crippen molar-refractivity contribution in [1.82, 2.24) is 15.2 Å². The number of hydrogen-bond donors (Lipinski definition) is 2. The SMILES string of the molecule is Cc1nn(Cc2ccccc2)c(Cl)c1/C=N\NC(=O)c1ccc(Cl)c(S(N)(=O)=O)c1. The summed E-state index contributed by atoms with van der Waals surface area (Å²) in [5.74, 6) is -0.640. The summed E-state index contributed by atoms with van der Waals surface area (Å²) >= 11 is 12.2. The molecule has 156 valence electrons. The molecule has 2 aromatic carbocycles. The van der Waals surface area contributed by atoms with Crippen molar-refractivity contribution in [3.63, 3.8) is 0 Å². The van der Waals surface area contributed by atoms with Crippen LogP contribution in [0.5, 0.6) is 0 Å². The van der Waals surface area contributed by atoms with Crippen molar-refractivity contribution in [2.75, 3.05) is 0 Å². The Morgan fingerprint density at radius 2 is 1.93 bits per heavy atom. The predicted octanol–water partition coefficient (Wildman–Crippen LogP) is 2.96. The molecular weight excluding hydrogens is 449 g/mol. The molecular formula is C19H17Cl2N5O3S. The number of primary sulfonamides is 1. The van der Waals surface area contributed by atoms with Crippen molar-refractivity contribution in [3.8, 4) is 0 Å². The number of carbonyl (C=O) groups is 1. The molecule has 0 saturated heterocycles. The van der Waals surface area contributed by atoms with Gasteiger partial charge >= 0.3 is 0 Å². The molecule has 3 rings (SSSR count). The highest BCUT2D eigenvalue weighted by atomic mass is 35.5. The molecule has 1 amide bonds. The molecule has 0 saturated carbocycles. The number of hydrazone groups is 1. The highest BCUT2D eigenvalue weighted by Crippen LogP contribution is 2.22. The first-order valence-electron chi connectivity index (χ1n) is 8.59. The molecule has 30 heavy (non-hydrogen) atoms. The summed E-state index contributed by atoms with van der Waals surface area (Å²) in [6.07, 6.45) is 1.38. The number of amides is 1. The number of halogens is 2. The van der Waals surface area contributed by atoms with Crippen LogP contribution >= 0.6 is 23.2 Å². The van der Waals surface area contributed by atoms with Crippen molar-refractivity contribution < 1.29 is 13.2 Å². The minimum atomic E-state index is -4.07. The van der Waals surface area contributed by atoms with Gasteiger partial charge in [0.1, 0.15) is 10.0 Å². The Morgan fingerprint density at radius 1 is 1.23 bits per heavy atom. The Hall–Kier alpha value is -2.72. The minimum absolute atomic E-state index is 0.0307. The van der Waals surface area contributed by atoms with Gasteiger partial charge < -0.3 is 0 Å². The Labute approximate surface area is 183 Å². The molecule has 0 aliphatic rings. The molecule has 1 aromatic heterocycles. The summed E-state index contributed by atoms with van der Waals surface area (Å²) in [4.78, 5) is 11.9. The van der Waals surface area contributed by atoms with Crippen LogP contribution in [0.3, 0.4) is 0 Å². The highest BCUT2D eigenvalue weighted by molar-refractivity contribution is 7.89. The van der Waals surface area contributed by atoms with E-state index in [0.29, 0.717) is 23.0 Å². The lowest BCUT2D eigenvalue weighted by Gasteiger charge is -2.05. The third-order valence-corrected chi connectivity index (χ3v) is 5.94. The van der Waals surface area contributed by atoms with Crippen LogP contribution < -0.4 is 10.6 Å². The fraction of sp³-hybridized carbons (Fsp3) is 0.105. The molecule has 0 fully saturated rings. The third-order valence-electron chi connectivity index (χ3n) is 4.14. The normalized spacial score (nSPS) is 11.7. The Kier molecular flexibility index (Phi) is 6.57. The molecule has 0 aliphatic heterocycles. The molecule has 0 unspecified atom stereocenters. The zero-order chi connectivity index (χ0) is 21.9. The molecule has 3 N–H and O–H groups in total. The van der Waals surface area contributed by atoms with E-state index in [9.17, 15) is 13.2 Å². The van der Waals surface area contributed by atoms with Crippen LogP contribution in [0.2, 0.25) is 10.2 Å². The van der Waals surface area contributed by atoms with E-state index in [2.05, 4.69) is 15.6 Å². The van der Waals surface area contributed by atoms with Gasteiger partial charge in [0, 0.05) is 5.56 Å². The van der Waals surface area contributed by atoms with Gasteiger partial charge in [0.05, 0.1) is 29.0 Å². The van der Waals surface area contributed by atoms with Gasteiger partial charge in [-0.15, -0.1) is 0 Å². The number of aryl methyl sites for hydroxylation is 1. The van der Waals surface area contributed by atoms with Crippen LogP contribution in [0, 0.1) is 6.92 Å². The monoisotopic (exact) mass is 465 g/mol. The first-order valence-corrected chi connectivity index (χ1v) is 10.9. The second-order valence-electron chi connectivity index (χ2n) is 6.32. The fourth-order valence-corrected chi connectivity index (χ4v) is 4.01. The number of hydrogen-bond acceptors (Lipinski definition) is 5. The summed E-state index contributed by atoms with van der Waals surface area (Å²) < 4.78 is 24.7. The number of carbonyl (C=O) groups excluding carboxylic acids is 1. The lowest BCUT2D eigenvalue weighted by Crippen LogP contribution is -2.19. The predicted molar refractivity (Wildman–Crippen MR) is 115 cm³/mol. The third kappa shape index (κ3) is 5.06. The van der Waals surface area contributed by atoms with Crippen LogP contribution in [0.15, 0.2) is 58.5 Å². The lowest BCUT2D eigenvalue weighted by molar-refractivity contribution is 0.0955. The number of nitrogens with two attached hydrogens (primary N) is 1. The standard InChI is InChI=1S/C19H17Cl2N5O3S/c1-12-15(18(21)26(25-12)11-13-5-3-2-4-6-13)10-23-24-19(27)14-7-8-16(20)17(9-14)30(22,28)29/h2-10H,11H2,1H3,(H,24,27)(H2,22,28,29)/b23-10-. The number of sulfonamides is 1. The van der Waals surface area contributed by atoms with Crippen molar-refractivity contribution in [2.45, 2.75) is 18.4 Å². The van der Waals surface area contributed by atoms with E-state index in [4.69, 9.17) is 28.3 Å². The zero-order valence-electron chi connectivity index (χ0n) is 15.7. The summed E-state index contributed by atoms with van der Waals surface area (Å²) in [6, 6.07) is 13.4. The average Bonchev–Trinajstić information content (AvgIpc) is 2.95. The van der Waals surface area contributed by atoms with Gasteiger partial charge in [-0.05, 0) is 30.7 Å². The topological polar surface area (TPSA) is 119 Å². The van der Waals surface area contributed by atoms with Crippen molar-refractivity contribution in [1.29, 1.82) is 0 Å². The molecule has 0 atom stereocenters. The van der Waals surface area contributed by atoms with Crippen molar-refractivity contribution >= 4 is 45.3 Å². The van der Waals surface area contributed by atoms with Gasteiger partial charge in [0.25, 0.3) is 5.91 Å². The molecule has 0 radical (unpaired) electrons. The second-order valence-corrected chi connectivity index (χ2v) is 8.62. The maximum atomic E-state index is 12.3. The quantitative estimate of drug-likeness (QED) is 0.429. The summed E-state index contributed by atoms with van der Waals surface area (Å²) in [5, 5.41) is 13.7. The van der Waals surface area contributed by atoms with E-state index in [0.717, 1.165) is 11.6 Å². The molecule has 11 heteroatoms. The number of benzene rings is 2. The molecule has 0 spiro atoms. The Morgan fingerprint density at radius 3 is 2.60 bits per heavy atom. The van der Waals surface area contributed by atoms with Crippen LogP contribution in [-0.2, 0) is 16.6 Å². The van der Waals surface area contributed by atoms with Gasteiger partial charge in [0.2, 0.25) is 10.0 Å². The Bertz CT molecular complexity index is 1220. The van der Waals surface area contributed by atoms with Gasteiger partial charge in [-0.1, -0.05) is 53.5 Å². The lowest BCUT2D eigenvalue weighted by atomic mass is 10.2. The maximum Gasteiger partial charge on any atom is 0.271 e. The number of aromatic nitrogens is 2. The van der Waals surface area contributed by atoms with Gasteiger partial charge in [0.15, 0.2) is 0 Å². The number of nitrogens with zero attached hydrogens (tertiary/aromatic N) is 3. The molecule has 1 heterocycles. The molecule has 0 aliphatic carbocycles. The van der Waals surface area contributed by atoms with E-state index >= 15 is 0 Å². The summed E-state index contributed by atoms with van der Waals surface area (Å²) in [6.45, 7) is 2.26. The smallest absolute Gasteiger partial charge is 0.267 e. The van der Waals surface area contributed by atoms with Crippen LogP contribution in [0.4, 0.5) is 0 Å². The van der Waals surface area contributed by atoms with Crippen LogP contribution in [0.25, 0.3) is 0 Å². The van der Waals surface area contributed by atoms with Crippen molar-refractivity contribution in [2.24, 2.45) is 10.2 Å². The Balaban J connectivity index is 1.75. The van der Waals surface area contributed by atoms with Gasteiger partial charge in [-0.25, -0.2) is 23.7 Å². The molecule has 3 aromatic rings. The minimum Gasteiger partial charge on any atom is -0.267 e.